The summed E-state index contributed by atoms with van der Waals surface area (Å²) in [4.78, 5) is 12.7. The van der Waals surface area contributed by atoms with Crippen LogP contribution in [0.25, 0.3) is 0 Å². The van der Waals surface area contributed by atoms with E-state index in [2.05, 4.69) is 0 Å². The number of aliphatic carboxylic acids is 1. The Morgan fingerprint density at radius 2 is 1.94 bits per heavy atom. The van der Waals surface area contributed by atoms with E-state index < -0.39 is 18.1 Å². The van der Waals surface area contributed by atoms with E-state index in [0.29, 0.717) is 13.0 Å². The van der Waals surface area contributed by atoms with Gasteiger partial charge in [-0.1, -0.05) is 12.8 Å². The van der Waals surface area contributed by atoms with E-state index in [1.54, 1.807) is 0 Å². The standard InChI is InChI=1S/C11H21NO4/c13-6-4-2-1-3-5-12-8-9(14)7-10(12)11(15)16/h9-10,13-14H,1-8H2,(H,15,16). The lowest BCUT2D eigenvalue weighted by Crippen LogP contribution is -2.36. The molecule has 0 aromatic carbocycles. The number of nitrogens with zero attached hydrogens (tertiary/aromatic N) is 1. The number of carboxylic acids is 1. The summed E-state index contributed by atoms with van der Waals surface area (Å²) in [5.41, 5.74) is 0. The highest BCUT2D eigenvalue weighted by atomic mass is 16.4. The quantitative estimate of drug-likeness (QED) is 0.540. The van der Waals surface area contributed by atoms with Crippen LogP contribution in [0.2, 0.25) is 0 Å². The minimum absolute atomic E-state index is 0.222. The van der Waals surface area contributed by atoms with Crippen molar-refractivity contribution in [3.8, 4) is 0 Å². The van der Waals surface area contributed by atoms with E-state index in [1.807, 2.05) is 4.90 Å². The van der Waals surface area contributed by atoms with Gasteiger partial charge >= 0.3 is 5.97 Å². The summed E-state index contributed by atoms with van der Waals surface area (Å²) in [7, 11) is 0. The molecule has 1 aliphatic heterocycles. The van der Waals surface area contributed by atoms with Crippen molar-refractivity contribution < 1.29 is 20.1 Å². The van der Waals surface area contributed by atoms with Crippen molar-refractivity contribution in [3.63, 3.8) is 0 Å². The molecule has 1 heterocycles. The summed E-state index contributed by atoms with van der Waals surface area (Å²) in [6.45, 7) is 1.41. The van der Waals surface area contributed by atoms with Crippen LogP contribution in [0.15, 0.2) is 0 Å². The van der Waals surface area contributed by atoms with E-state index in [9.17, 15) is 9.90 Å². The molecule has 94 valence electrons. The Morgan fingerprint density at radius 1 is 1.25 bits per heavy atom. The molecule has 0 saturated carbocycles. The fourth-order valence-corrected chi connectivity index (χ4v) is 2.16. The average molecular weight is 231 g/mol. The van der Waals surface area contributed by atoms with Gasteiger partial charge in [-0.25, -0.2) is 0 Å². The number of carboxylic acid groups (broad SMARTS) is 1. The van der Waals surface area contributed by atoms with Gasteiger partial charge in [0.25, 0.3) is 0 Å². The van der Waals surface area contributed by atoms with Gasteiger partial charge in [-0.05, 0) is 19.4 Å². The minimum Gasteiger partial charge on any atom is -0.480 e. The predicted octanol–water partition coefficient (Wildman–Crippen LogP) is 0.0589. The molecule has 2 atom stereocenters. The van der Waals surface area contributed by atoms with E-state index in [0.717, 1.165) is 32.2 Å². The zero-order chi connectivity index (χ0) is 12.0. The van der Waals surface area contributed by atoms with Gasteiger partial charge in [-0.3, -0.25) is 9.69 Å². The Kier molecular flexibility index (Phi) is 5.73. The zero-order valence-electron chi connectivity index (χ0n) is 9.51. The summed E-state index contributed by atoms with van der Waals surface area (Å²) in [6, 6.07) is -0.521. The number of aliphatic hydroxyl groups excluding tert-OH is 2. The molecule has 0 radical (unpaired) electrons. The summed E-state index contributed by atoms with van der Waals surface area (Å²) < 4.78 is 0. The van der Waals surface area contributed by atoms with E-state index >= 15 is 0 Å². The molecule has 5 nitrogen and oxygen atoms in total. The smallest absolute Gasteiger partial charge is 0.321 e. The van der Waals surface area contributed by atoms with Gasteiger partial charge in [0.1, 0.15) is 6.04 Å². The van der Waals surface area contributed by atoms with Crippen molar-refractivity contribution in [1.82, 2.24) is 4.90 Å². The molecule has 0 aromatic rings. The highest BCUT2D eigenvalue weighted by molar-refractivity contribution is 5.74. The highest BCUT2D eigenvalue weighted by Gasteiger charge is 2.35. The van der Waals surface area contributed by atoms with Gasteiger partial charge in [0.15, 0.2) is 0 Å². The third-order valence-corrected chi connectivity index (χ3v) is 3.02. The second-order valence-electron chi connectivity index (χ2n) is 4.38. The minimum atomic E-state index is -0.841. The van der Waals surface area contributed by atoms with E-state index in [1.165, 1.54) is 0 Å². The average Bonchev–Trinajstić information content (AvgIpc) is 2.59. The van der Waals surface area contributed by atoms with Crippen molar-refractivity contribution in [2.24, 2.45) is 0 Å². The number of likely N-dealkylation sites (tertiary alicyclic amines) is 1. The van der Waals surface area contributed by atoms with Crippen LogP contribution < -0.4 is 0 Å². The maximum Gasteiger partial charge on any atom is 0.321 e. The lowest BCUT2D eigenvalue weighted by Gasteiger charge is -2.20. The Hall–Kier alpha value is -0.650. The summed E-state index contributed by atoms with van der Waals surface area (Å²) in [6.07, 6.45) is 3.55. The van der Waals surface area contributed by atoms with Crippen molar-refractivity contribution in [3.05, 3.63) is 0 Å². The summed E-state index contributed by atoms with van der Waals surface area (Å²) in [5, 5.41) is 27.0. The molecule has 3 N–H and O–H groups in total. The van der Waals surface area contributed by atoms with Crippen molar-refractivity contribution in [2.45, 2.75) is 44.2 Å². The largest absolute Gasteiger partial charge is 0.480 e. The van der Waals surface area contributed by atoms with Crippen LogP contribution in [0.4, 0.5) is 0 Å². The van der Waals surface area contributed by atoms with Crippen LogP contribution in [0, 0.1) is 0 Å². The first-order valence-electron chi connectivity index (χ1n) is 5.91. The number of carbonyl (C=O) groups is 1. The SMILES string of the molecule is O=C(O)C1CC(O)CN1CCCCCCO. The van der Waals surface area contributed by atoms with Crippen molar-refractivity contribution in [2.75, 3.05) is 19.7 Å². The predicted molar refractivity (Wildman–Crippen MR) is 59.2 cm³/mol. The van der Waals surface area contributed by atoms with Crippen LogP contribution in [-0.2, 0) is 4.79 Å². The van der Waals surface area contributed by atoms with Gasteiger partial charge in [-0.15, -0.1) is 0 Å². The first kappa shape index (κ1) is 13.4. The van der Waals surface area contributed by atoms with E-state index in [4.69, 9.17) is 10.2 Å². The molecule has 1 fully saturated rings. The second-order valence-corrected chi connectivity index (χ2v) is 4.38. The molecule has 1 saturated heterocycles. The lowest BCUT2D eigenvalue weighted by molar-refractivity contribution is -0.142. The van der Waals surface area contributed by atoms with Crippen LogP contribution in [0.3, 0.4) is 0 Å². The number of unbranched alkanes of at least 4 members (excludes halogenated alkanes) is 3. The van der Waals surface area contributed by atoms with Gasteiger partial charge in [-0.2, -0.15) is 0 Å². The Balaban J connectivity index is 2.21. The molecular formula is C11H21NO4. The number of hydrogen-bond acceptors (Lipinski definition) is 4. The Morgan fingerprint density at radius 3 is 2.56 bits per heavy atom. The molecule has 1 aliphatic rings. The molecule has 0 amide bonds. The number of aliphatic hydroxyl groups is 2. The molecule has 0 aromatic heterocycles. The Bertz CT molecular complexity index is 222. The van der Waals surface area contributed by atoms with Crippen LogP contribution >= 0.6 is 0 Å². The highest BCUT2D eigenvalue weighted by Crippen LogP contribution is 2.18. The summed E-state index contributed by atoms with van der Waals surface area (Å²) in [5.74, 6) is -0.841. The van der Waals surface area contributed by atoms with Crippen LogP contribution in [-0.4, -0.2) is 58.0 Å². The number of β-amino-alcohol motifs (C(OH)–C–C–N with tert-alkyl or cyclic N) is 1. The van der Waals surface area contributed by atoms with Crippen molar-refractivity contribution in [1.29, 1.82) is 0 Å². The second kappa shape index (κ2) is 6.83. The lowest BCUT2D eigenvalue weighted by atomic mass is 10.1. The van der Waals surface area contributed by atoms with E-state index in [-0.39, 0.29) is 6.61 Å². The monoisotopic (exact) mass is 231 g/mol. The van der Waals surface area contributed by atoms with Gasteiger partial charge in [0.2, 0.25) is 0 Å². The first-order valence-corrected chi connectivity index (χ1v) is 5.91. The van der Waals surface area contributed by atoms with Crippen LogP contribution in [0.5, 0.6) is 0 Å². The third-order valence-electron chi connectivity index (χ3n) is 3.02. The van der Waals surface area contributed by atoms with Crippen LogP contribution in [0.1, 0.15) is 32.1 Å². The number of rotatable bonds is 7. The van der Waals surface area contributed by atoms with Gasteiger partial charge in [0.05, 0.1) is 6.10 Å². The molecule has 0 bridgehead atoms. The topological polar surface area (TPSA) is 81.0 Å². The summed E-state index contributed by atoms with van der Waals surface area (Å²) >= 11 is 0. The normalized spacial score (nSPS) is 26.1. The van der Waals surface area contributed by atoms with Crippen molar-refractivity contribution >= 4 is 5.97 Å². The molecule has 0 aliphatic carbocycles. The molecule has 5 heteroatoms. The third kappa shape index (κ3) is 4.08. The molecular weight excluding hydrogens is 210 g/mol. The first-order chi connectivity index (χ1) is 7.65. The molecule has 0 spiro atoms. The van der Waals surface area contributed by atoms with Gasteiger partial charge < -0.3 is 15.3 Å². The maximum absolute atomic E-state index is 10.9. The molecule has 2 unspecified atom stereocenters. The zero-order valence-corrected chi connectivity index (χ0v) is 9.51. The number of hydrogen-bond donors (Lipinski definition) is 3. The van der Waals surface area contributed by atoms with Gasteiger partial charge in [0, 0.05) is 19.6 Å². The maximum atomic E-state index is 10.9. The fourth-order valence-electron chi connectivity index (χ4n) is 2.16. The Labute approximate surface area is 95.7 Å². The molecule has 1 rings (SSSR count). The molecule has 16 heavy (non-hydrogen) atoms. The fraction of sp³-hybridized carbons (Fsp3) is 0.909.